The van der Waals surface area contributed by atoms with Crippen molar-refractivity contribution in [2.45, 2.75) is 32.7 Å². The molecule has 0 aliphatic carbocycles. The zero-order valence-corrected chi connectivity index (χ0v) is 10.3. The molecule has 1 aromatic rings. The second-order valence-corrected chi connectivity index (χ2v) is 4.36. The molecule has 1 saturated heterocycles. The van der Waals surface area contributed by atoms with Crippen molar-refractivity contribution in [1.29, 1.82) is 0 Å². The molecular weight excluding hydrogens is 216 g/mol. The Morgan fingerprint density at radius 1 is 1.59 bits per heavy atom. The van der Waals surface area contributed by atoms with Gasteiger partial charge in [0.25, 0.3) is 5.91 Å². The SMILES string of the molecule is CCc1nnc(C)cc1C(=O)N[C@@H]1CCNC1. The van der Waals surface area contributed by atoms with Gasteiger partial charge in [0.2, 0.25) is 0 Å². The van der Waals surface area contributed by atoms with Crippen LogP contribution in [-0.2, 0) is 6.42 Å². The molecule has 2 heterocycles. The smallest absolute Gasteiger partial charge is 0.253 e. The molecule has 0 bridgehead atoms. The number of carbonyl (C=O) groups excluding carboxylic acids is 1. The van der Waals surface area contributed by atoms with E-state index < -0.39 is 0 Å². The summed E-state index contributed by atoms with van der Waals surface area (Å²) in [6.45, 7) is 5.65. The van der Waals surface area contributed by atoms with E-state index in [9.17, 15) is 4.79 Å². The maximum Gasteiger partial charge on any atom is 0.253 e. The lowest BCUT2D eigenvalue weighted by atomic mass is 10.1. The molecule has 92 valence electrons. The maximum absolute atomic E-state index is 12.1. The van der Waals surface area contributed by atoms with Crippen molar-refractivity contribution in [3.63, 3.8) is 0 Å². The summed E-state index contributed by atoms with van der Waals surface area (Å²) in [4.78, 5) is 12.1. The second kappa shape index (κ2) is 5.23. The maximum atomic E-state index is 12.1. The van der Waals surface area contributed by atoms with Gasteiger partial charge in [0.1, 0.15) is 0 Å². The predicted octanol–water partition coefficient (Wildman–Crippen LogP) is 0.439. The number of amides is 1. The molecule has 0 saturated carbocycles. The highest BCUT2D eigenvalue weighted by atomic mass is 16.1. The Morgan fingerprint density at radius 2 is 2.41 bits per heavy atom. The Balaban J connectivity index is 2.14. The molecule has 5 nitrogen and oxygen atoms in total. The van der Waals surface area contributed by atoms with E-state index in [1.165, 1.54) is 0 Å². The second-order valence-electron chi connectivity index (χ2n) is 4.36. The molecule has 2 rings (SSSR count). The molecule has 0 unspecified atom stereocenters. The summed E-state index contributed by atoms with van der Waals surface area (Å²) in [6, 6.07) is 2.05. The topological polar surface area (TPSA) is 66.9 Å². The van der Waals surface area contributed by atoms with E-state index >= 15 is 0 Å². The predicted molar refractivity (Wildman–Crippen MR) is 64.9 cm³/mol. The van der Waals surface area contributed by atoms with Crippen molar-refractivity contribution in [2.75, 3.05) is 13.1 Å². The zero-order chi connectivity index (χ0) is 12.3. The van der Waals surface area contributed by atoms with Crippen molar-refractivity contribution in [1.82, 2.24) is 20.8 Å². The monoisotopic (exact) mass is 234 g/mol. The Bertz CT molecular complexity index is 413. The minimum Gasteiger partial charge on any atom is -0.348 e. The molecule has 1 aromatic heterocycles. The van der Waals surface area contributed by atoms with Gasteiger partial charge in [-0.3, -0.25) is 4.79 Å². The highest BCUT2D eigenvalue weighted by molar-refractivity contribution is 5.95. The highest BCUT2D eigenvalue weighted by Gasteiger charge is 2.19. The summed E-state index contributed by atoms with van der Waals surface area (Å²) in [5, 5.41) is 14.3. The van der Waals surface area contributed by atoms with Crippen LogP contribution >= 0.6 is 0 Å². The number of carbonyl (C=O) groups is 1. The molecule has 1 amide bonds. The van der Waals surface area contributed by atoms with Gasteiger partial charge in [0.15, 0.2) is 0 Å². The molecule has 0 spiro atoms. The van der Waals surface area contributed by atoms with Crippen molar-refractivity contribution < 1.29 is 4.79 Å². The van der Waals surface area contributed by atoms with Crippen LogP contribution in [0.25, 0.3) is 0 Å². The van der Waals surface area contributed by atoms with Gasteiger partial charge in [0.05, 0.1) is 17.0 Å². The van der Waals surface area contributed by atoms with E-state index in [-0.39, 0.29) is 11.9 Å². The van der Waals surface area contributed by atoms with E-state index in [0.717, 1.165) is 37.3 Å². The third-order valence-corrected chi connectivity index (χ3v) is 2.97. The number of aromatic nitrogens is 2. The molecule has 0 aromatic carbocycles. The minimum atomic E-state index is -0.0337. The Labute approximate surface area is 101 Å². The largest absolute Gasteiger partial charge is 0.348 e. The lowest BCUT2D eigenvalue weighted by Crippen LogP contribution is -2.36. The summed E-state index contributed by atoms with van der Waals surface area (Å²) in [5.74, 6) is -0.0337. The first-order valence-electron chi connectivity index (χ1n) is 6.05. The van der Waals surface area contributed by atoms with E-state index in [0.29, 0.717) is 5.56 Å². The number of rotatable bonds is 3. The van der Waals surface area contributed by atoms with Crippen molar-refractivity contribution in [3.8, 4) is 0 Å². The van der Waals surface area contributed by atoms with Crippen LogP contribution in [-0.4, -0.2) is 35.2 Å². The summed E-state index contributed by atoms with van der Waals surface area (Å²) in [6.07, 6.45) is 1.71. The number of hydrogen-bond donors (Lipinski definition) is 2. The van der Waals surface area contributed by atoms with Gasteiger partial charge in [-0.2, -0.15) is 10.2 Å². The Hall–Kier alpha value is -1.49. The summed E-state index contributed by atoms with van der Waals surface area (Å²) in [5.41, 5.74) is 2.20. The quantitative estimate of drug-likeness (QED) is 0.796. The van der Waals surface area contributed by atoms with Crippen LogP contribution in [0.15, 0.2) is 6.07 Å². The van der Waals surface area contributed by atoms with Crippen LogP contribution in [0.4, 0.5) is 0 Å². The lowest BCUT2D eigenvalue weighted by molar-refractivity contribution is 0.0938. The summed E-state index contributed by atoms with van der Waals surface area (Å²) < 4.78 is 0. The average Bonchev–Trinajstić information content (AvgIpc) is 2.81. The average molecular weight is 234 g/mol. The van der Waals surface area contributed by atoms with Crippen LogP contribution < -0.4 is 10.6 Å². The van der Waals surface area contributed by atoms with Gasteiger partial charge in [-0.05, 0) is 32.4 Å². The third-order valence-electron chi connectivity index (χ3n) is 2.97. The van der Waals surface area contributed by atoms with Gasteiger partial charge in [-0.15, -0.1) is 0 Å². The molecule has 2 N–H and O–H groups in total. The third kappa shape index (κ3) is 2.79. The van der Waals surface area contributed by atoms with Crippen molar-refractivity contribution >= 4 is 5.91 Å². The number of nitrogens with zero attached hydrogens (tertiary/aromatic N) is 2. The molecule has 1 aliphatic heterocycles. The molecule has 1 fully saturated rings. The van der Waals surface area contributed by atoms with Gasteiger partial charge in [-0.1, -0.05) is 6.92 Å². The van der Waals surface area contributed by atoms with Gasteiger partial charge in [-0.25, -0.2) is 0 Å². The van der Waals surface area contributed by atoms with Crippen LogP contribution in [0.5, 0.6) is 0 Å². The molecule has 1 aliphatic rings. The number of nitrogens with one attached hydrogen (secondary N) is 2. The number of hydrogen-bond acceptors (Lipinski definition) is 4. The molecule has 5 heteroatoms. The van der Waals surface area contributed by atoms with E-state index in [1.54, 1.807) is 0 Å². The van der Waals surface area contributed by atoms with Crippen molar-refractivity contribution in [2.24, 2.45) is 0 Å². The fourth-order valence-electron chi connectivity index (χ4n) is 2.01. The van der Waals surface area contributed by atoms with Crippen LogP contribution in [0.2, 0.25) is 0 Å². The lowest BCUT2D eigenvalue weighted by Gasteiger charge is -2.13. The fourth-order valence-corrected chi connectivity index (χ4v) is 2.01. The first-order chi connectivity index (χ1) is 8.20. The molecule has 1 atom stereocenters. The first kappa shape index (κ1) is 12.0. The molecule has 17 heavy (non-hydrogen) atoms. The van der Waals surface area contributed by atoms with E-state index in [2.05, 4.69) is 20.8 Å². The van der Waals surface area contributed by atoms with E-state index in [4.69, 9.17) is 0 Å². The normalized spacial score (nSPS) is 19.3. The van der Waals surface area contributed by atoms with Gasteiger partial charge in [0, 0.05) is 12.6 Å². The van der Waals surface area contributed by atoms with Crippen LogP contribution in [0.1, 0.15) is 35.1 Å². The minimum absolute atomic E-state index is 0.0337. The van der Waals surface area contributed by atoms with Gasteiger partial charge >= 0.3 is 0 Å². The standard InChI is InChI=1S/C12H18N4O/c1-3-11-10(6-8(2)15-16-11)12(17)14-9-4-5-13-7-9/h6,9,13H,3-5,7H2,1-2H3,(H,14,17)/t9-/m1/s1. The summed E-state index contributed by atoms with van der Waals surface area (Å²) in [7, 11) is 0. The van der Waals surface area contributed by atoms with Gasteiger partial charge < -0.3 is 10.6 Å². The fraction of sp³-hybridized carbons (Fsp3) is 0.583. The molecular formula is C12H18N4O. The summed E-state index contributed by atoms with van der Waals surface area (Å²) >= 11 is 0. The highest BCUT2D eigenvalue weighted by Crippen LogP contribution is 2.08. The first-order valence-corrected chi connectivity index (χ1v) is 6.05. The van der Waals surface area contributed by atoms with E-state index in [1.807, 2.05) is 19.9 Å². The van der Waals surface area contributed by atoms with Crippen molar-refractivity contribution in [3.05, 3.63) is 23.0 Å². The number of aryl methyl sites for hydroxylation is 2. The van der Waals surface area contributed by atoms with Crippen LogP contribution in [0, 0.1) is 6.92 Å². The zero-order valence-electron chi connectivity index (χ0n) is 10.3. The Morgan fingerprint density at radius 3 is 3.06 bits per heavy atom. The van der Waals surface area contributed by atoms with Crippen LogP contribution in [0.3, 0.4) is 0 Å². The molecule has 0 radical (unpaired) electrons. The Kier molecular flexibility index (Phi) is 3.68.